The topological polar surface area (TPSA) is 116 Å². The maximum Gasteiger partial charge on any atom is 0.269 e. The van der Waals surface area contributed by atoms with Crippen molar-refractivity contribution in [3.05, 3.63) is 82.0 Å². The Bertz CT molecular complexity index is 1220. The average molecular weight is 480 g/mol. The van der Waals surface area contributed by atoms with Crippen molar-refractivity contribution in [3.8, 4) is 0 Å². The van der Waals surface area contributed by atoms with Crippen molar-refractivity contribution in [2.24, 2.45) is 0 Å². The minimum Gasteiger partial charge on any atom is -0.351 e. The first-order valence-corrected chi connectivity index (χ1v) is 12.0. The number of hydrazine groups is 1. The number of thioether (sulfide) groups is 1. The lowest BCUT2D eigenvalue weighted by Gasteiger charge is -2.08. The summed E-state index contributed by atoms with van der Waals surface area (Å²) in [6.45, 7) is 0.177. The molecule has 0 spiro atoms. The van der Waals surface area contributed by atoms with Crippen molar-refractivity contribution < 1.29 is 14.4 Å². The standard InChI is InChI=1S/C23H21N5O3S2/c29-20(11-12-24-22(31)19-6-3-13-32-19)27-28-21(30)16-9-7-15(8-10-16)14-33-23-25-17-4-1-2-5-18(17)26-23/h1-10,13H,11-12,14H2,(H,24,31)(H,25,26)(H,27,29)(H,28,30). The Morgan fingerprint density at radius 1 is 0.939 bits per heavy atom. The van der Waals surface area contributed by atoms with Crippen LogP contribution in [0.25, 0.3) is 11.0 Å². The van der Waals surface area contributed by atoms with Crippen LogP contribution in [0.5, 0.6) is 0 Å². The first kappa shape index (κ1) is 22.6. The van der Waals surface area contributed by atoms with E-state index in [0.717, 1.165) is 21.8 Å². The van der Waals surface area contributed by atoms with Gasteiger partial charge in [0.1, 0.15) is 0 Å². The van der Waals surface area contributed by atoms with E-state index in [2.05, 4.69) is 26.1 Å². The summed E-state index contributed by atoms with van der Waals surface area (Å²) in [5.74, 6) is -0.327. The van der Waals surface area contributed by atoms with Crippen LogP contribution in [0.1, 0.15) is 32.0 Å². The third-order valence-corrected chi connectivity index (χ3v) is 6.47. The van der Waals surface area contributed by atoms with Gasteiger partial charge < -0.3 is 10.3 Å². The fourth-order valence-corrected chi connectivity index (χ4v) is 4.43. The average Bonchev–Trinajstić information content (AvgIpc) is 3.51. The summed E-state index contributed by atoms with van der Waals surface area (Å²) in [4.78, 5) is 44.4. The molecule has 4 aromatic rings. The number of carbonyl (C=O) groups excluding carboxylic acids is 3. The number of nitrogens with zero attached hydrogens (tertiary/aromatic N) is 1. The molecule has 0 aliphatic carbocycles. The number of benzene rings is 2. The van der Waals surface area contributed by atoms with Gasteiger partial charge in [0.2, 0.25) is 5.91 Å². The number of imidazole rings is 1. The quantitative estimate of drug-likeness (QED) is 0.228. The second-order valence-corrected chi connectivity index (χ2v) is 8.94. The summed E-state index contributed by atoms with van der Waals surface area (Å²) >= 11 is 2.91. The lowest BCUT2D eigenvalue weighted by atomic mass is 10.1. The second kappa shape index (κ2) is 10.8. The summed E-state index contributed by atoms with van der Waals surface area (Å²) < 4.78 is 0. The Balaban J connectivity index is 1.18. The van der Waals surface area contributed by atoms with Crippen LogP contribution >= 0.6 is 23.1 Å². The Morgan fingerprint density at radius 2 is 1.76 bits per heavy atom. The predicted molar refractivity (Wildman–Crippen MR) is 129 cm³/mol. The Hall–Kier alpha value is -3.63. The lowest BCUT2D eigenvalue weighted by molar-refractivity contribution is -0.121. The molecule has 0 bridgehead atoms. The smallest absolute Gasteiger partial charge is 0.269 e. The molecule has 4 rings (SSSR count). The Kier molecular flexibility index (Phi) is 7.38. The van der Waals surface area contributed by atoms with E-state index in [1.807, 2.05) is 41.8 Å². The largest absolute Gasteiger partial charge is 0.351 e. The molecule has 168 valence electrons. The van der Waals surface area contributed by atoms with Gasteiger partial charge in [-0.1, -0.05) is 42.1 Å². The normalized spacial score (nSPS) is 10.7. The molecule has 2 aromatic carbocycles. The molecule has 8 nitrogen and oxygen atoms in total. The molecule has 10 heteroatoms. The summed E-state index contributed by atoms with van der Waals surface area (Å²) in [6, 6.07) is 18.5. The summed E-state index contributed by atoms with van der Waals surface area (Å²) in [7, 11) is 0. The molecule has 4 N–H and O–H groups in total. The molecule has 2 aromatic heterocycles. The molecule has 0 aliphatic heterocycles. The van der Waals surface area contributed by atoms with Crippen LogP contribution < -0.4 is 16.2 Å². The van der Waals surface area contributed by atoms with E-state index in [1.165, 1.54) is 11.3 Å². The van der Waals surface area contributed by atoms with Gasteiger partial charge >= 0.3 is 0 Å². The molecule has 0 atom stereocenters. The van der Waals surface area contributed by atoms with Gasteiger partial charge in [-0.25, -0.2) is 4.98 Å². The van der Waals surface area contributed by atoms with Crippen molar-refractivity contribution in [1.29, 1.82) is 0 Å². The molecule has 3 amide bonds. The SMILES string of the molecule is O=C(CCNC(=O)c1cccs1)NNC(=O)c1ccc(CSc2nc3ccccc3[nH]2)cc1. The molecule has 0 fully saturated rings. The van der Waals surface area contributed by atoms with Crippen molar-refractivity contribution in [2.45, 2.75) is 17.3 Å². The van der Waals surface area contributed by atoms with Gasteiger partial charge in [-0.15, -0.1) is 11.3 Å². The maximum atomic E-state index is 12.3. The van der Waals surface area contributed by atoms with Crippen LogP contribution in [0, 0.1) is 0 Å². The van der Waals surface area contributed by atoms with E-state index >= 15 is 0 Å². The molecule has 33 heavy (non-hydrogen) atoms. The molecular weight excluding hydrogens is 458 g/mol. The number of hydrogen-bond donors (Lipinski definition) is 4. The van der Waals surface area contributed by atoms with Crippen LogP contribution in [0.2, 0.25) is 0 Å². The number of H-pyrrole nitrogens is 1. The molecule has 0 aliphatic rings. The molecule has 0 saturated heterocycles. The van der Waals surface area contributed by atoms with Gasteiger partial charge in [-0.3, -0.25) is 25.2 Å². The maximum absolute atomic E-state index is 12.3. The van der Waals surface area contributed by atoms with E-state index in [-0.39, 0.29) is 18.9 Å². The zero-order valence-corrected chi connectivity index (χ0v) is 19.1. The van der Waals surface area contributed by atoms with E-state index in [9.17, 15) is 14.4 Å². The number of fused-ring (bicyclic) bond motifs is 1. The number of nitrogens with one attached hydrogen (secondary N) is 4. The van der Waals surface area contributed by atoms with E-state index < -0.39 is 11.8 Å². The number of hydrogen-bond acceptors (Lipinski definition) is 6. The number of aromatic nitrogens is 2. The fourth-order valence-electron chi connectivity index (χ4n) is 2.95. The van der Waals surface area contributed by atoms with Crippen molar-refractivity contribution in [3.63, 3.8) is 0 Å². The minimum absolute atomic E-state index is 0.0509. The third-order valence-electron chi connectivity index (χ3n) is 4.66. The number of rotatable bonds is 8. The van der Waals surface area contributed by atoms with Gasteiger partial charge in [0.25, 0.3) is 11.8 Å². The zero-order valence-electron chi connectivity index (χ0n) is 17.5. The van der Waals surface area contributed by atoms with Crippen LogP contribution in [0.3, 0.4) is 0 Å². The highest BCUT2D eigenvalue weighted by Gasteiger charge is 2.10. The predicted octanol–water partition coefficient (Wildman–Crippen LogP) is 3.50. The monoisotopic (exact) mass is 479 g/mol. The second-order valence-electron chi connectivity index (χ2n) is 7.03. The van der Waals surface area contributed by atoms with Crippen molar-refractivity contribution in [2.75, 3.05) is 6.54 Å². The van der Waals surface area contributed by atoms with Crippen LogP contribution in [0.15, 0.2) is 71.2 Å². The molecular formula is C23H21N5O3S2. The zero-order chi connectivity index (χ0) is 23.0. The van der Waals surface area contributed by atoms with Crippen molar-refractivity contribution in [1.82, 2.24) is 26.1 Å². The molecule has 2 heterocycles. The number of amides is 3. The summed E-state index contributed by atoms with van der Waals surface area (Å²) in [5.41, 5.74) is 8.15. The fraction of sp³-hybridized carbons (Fsp3) is 0.130. The highest BCUT2D eigenvalue weighted by molar-refractivity contribution is 7.98. The molecule has 0 saturated carbocycles. The van der Waals surface area contributed by atoms with E-state index in [4.69, 9.17) is 0 Å². The number of para-hydroxylation sites is 2. The first-order valence-electron chi connectivity index (χ1n) is 10.2. The minimum atomic E-state index is -0.414. The Morgan fingerprint density at radius 3 is 2.52 bits per heavy atom. The van der Waals surface area contributed by atoms with Gasteiger partial charge in [0.05, 0.1) is 15.9 Å². The first-order chi connectivity index (χ1) is 16.1. The Labute approximate surface area is 198 Å². The van der Waals surface area contributed by atoms with Crippen LogP contribution in [-0.2, 0) is 10.5 Å². The van der Waals surface area contributed by atoms with E-state index in [1.54, 1.807) is 36.0 Å². The highest BCUT2D eigenvalue weighted by atomic mass is 32.2. The number of aromatic amines is 1. The summed E-state index contributed by atoms with van der Waals surface area (Å²) in [5, 5.41) is 5.31. The number of thiophene rings is 1. The highest BCUT2D eigenvalue weighted by Crippen LogP contribution is 2.23. The van der Waals surface area contributed by atoms with E-state index in [0.29, 0.717) is 16.2 Å². The van der Waals surface area contributed by atoms with Gasteiger partial charge in [0.15, 0.2) is 5.16 Å². The van der Waals surface area contributed by atoms with Crippen molar-refractivity contribution >= 4 is 51.9 Å². The summed E-state index contributed by atoms with van der Waals surface area (Å²) in [6.07, 6.45) is 0.0509. The number of carbonyl (C=O) groups is 3. The molecule has 0 unspecified atom stereocenters. The third kappa shape index (κ3) is 6.21. The van der Waals surface area contributed by atoms with Gasteiger partial charge in [0, 0.05) is 24.3 Å². The lowest BCUT2D eigenvalue weighted by Crippen LogP contribution is -2.42. The molecule has 0 radical (unpaired) electrons. The van der Waals surface area contributed by atoms with Gasteiger partial charge in [-0.05, 0) is 41.3 Å². The van der Waals surface area contributed by atoms with Crippen LogP contribution in [-0.4, -0.2) is 34.2 Å². The van der Waals surface area contributed by atoms with Crippen LogP contribution in [0.4, 0.5) is 0 Å². The van der Waals surface area contributed by atoms with Gasteiger partial charge in [-0.2, -0.15) is 0 Å².